The minimum Gasteiger partial charge on any atom is -0.593 e. The van der Waals surface area contributed by atoms with Crippen molar-refractivity contribution >= 4 is 10.4 Å². The number of benzene rings is 1. The minimum atomic E-state index is -4.61. The largest absolute Gasteiger partial charge is 0.593 e. The number of hydrogen-bond acceptors (Lipinski definition) is 5. The van der Waals surface area contributed by atoms with Crippen LogP contribution in [0.4, 0.5) is 13.2 Å². The normalized spacial score (nSPS) is 20.5. The number of alkyl halides is 3. The van der Waals surface area contributed by atoms with E-state index in [9.17, 15) is 26.7 Å². The molecule has 8 nitrogen and oxygen atoms in total. The van der Waals surface area contributed by atoms with Crippen LogP contribution in [0.15, 0.2) is 34.0 Å². The first kappa shape index (κ1) is 23.1. The van der Waals surface area contributed by atoms with Crippen LogP contribution in [-0.4, -0.2) is 60.8 Å². The lowest BCUT2D eigenvalue weighted by Crippen LogP contribution is -2.40. The van der Waals surface area contributed by atoms with Gasteiger partial charge in [-0.2, -0.15) is 18.3 Å². The van der Waals surface area contributed by atoms with E-state index in [-0.39, 0.29) is 23.7 Å². The van der Waals surface area contributed by atoms with Crippen molar-refractivity contribution in [1.82, 2.24) is 23.6 Å². The third-order valence-electron chi connectivity index (χ3n) is 6.01. The van der Waals surface area contributed by atoms with Gasteiger partial charge in [0.2, 0.25) is 0 Å². The average molecular weight is 474 g/mol. The Hall–Kier alpha value is -2.02. The topological polar surface area (TPSA) is 86.4 Å². The molecule has 0 amide bonds. The molecule has 0 bridgehead atoms. The molecule has 1 fully saturated rings. The maximum absolute atomic E-state index is 13.0. The van der Waals surface area contributed by atoms with Crippen LogP contribution in [0.2, 0.25) is 0 Å². The molecular formula is C20H26F3N5O3S. The Kier molecular flexibility index (Phi) is 6.57. The van der Waals surface area contributed by atoms with Crippen LogP contribution in [0.5, 0.6) is 0 Å². The summed E-state index contributed by atoms with van der Waals surface area (Å²) in [5.74, 6) is 0.815. The van der Waals surface area contributed by atoms with Crippen LogP contribution in [0.3, 0.4) is 0 Å². The molecule has 12 heteroatoms. The molecule has 32 heavy (non-hydrogen) atoms. The summed E-state index contributed by atoms with van der Waals surface area (Å²) in [4.78, 5) is 14.2. The molecule has 1 atom stereocenters. The fourth-order valence-corrected chi connectivity index (χ4v) is 5.74. The summed E-state index contributed by atoms with van der Waals surface area (Å²) < 4.78 is 69.3. The zero-order valence-electron chi connectivity index (χ0n) is 17.6. The summed E-state index contributed by atoms with van der Waals surface area (Å²) in [5.41, 5.74) is -1.09. The zero-order valence-corrected chi connectivity index (χ0v) is 18.4. The lowest BCUT2D eigenvalue weighted by Gasteiger charge is -2.26. The molecule has 0 saturated carbocycles. The second kappa shape index (κ2) is 9.08. The lowest BCUT2D eigenvalue weighted by atomic mass is 10.2. The van der Waals surface area contributed by atoms with Gasteiger partial charge in [0.05, 0.1) is 18.7 Å². The quantitative estimate of drug-likeness (QED) is 0.620. The third-order valence-corrected chi connectivity index (χ3v) is 7.90. The summed E-state index contributed by atoms with van der Waals surface area (Å²) in [6.07, 6.45) is -1.26. The van der Waals surface area contributed by atoms with E-state index >= 15 is 0 Å². The van der Waals surface area contributed by atoms with Crippen LogP contribution in [0.25, 0.3) is 0 Å². The summed E-state index contributed by atoms with van der Waals surface area (Å²) in [6.45, 7) is 3.13. The van der Waals surface area contributed by atoms with Crippen LogP contribution in [-0.2, 0) is 40.3 Å². The highest BCUT2D eigenvalue weighted by atomic mass is 32.3. The van der Waals surface area contributed by atoms with Gasteiger partial charge in [0.25, 0.3) is 0 Å². The predicted molar refractivity (Wildman–Crippen MR) is 111 cm³/mol. The van der Waals surface area contributed by atoms with Crippen LogP contribution in [0, 0.1) is 0 Å². The first-order chi connectivity index (χ1) is 15.2. The highest BCUT2D eigenvalue weighted by Crippen LogP contribution is 2.32. The Morgan fingerprint density at radius 3 is 2.59 bits per heavy atom. The number of aromatic nitrogens is 3. The molecule has 4 rings (SSSR count). The Labute approximate surface area is 185 Å². The van der Waals surface area contributed by atoms with Gasteiger partial charge in [0.1, 0.15) is 5.82 Å². The number of halogens is 3. The molecule has 0 spiro atoms. The highest BCUT2D eigenvalue weighted by Gasteiger charge is 2.36. The molecule has 2 aromatic rings. The molecule has 2 aliphatic heterocycles. The molecule has 1 aromatic heterocycles. The molecular weight excluding hydrogens is 447 g/mol. The van der Waals surface area contributed by atoms with Gasteiger partial charge in [0.15, 0.2) is 15.3 Å². The molecule has 1 aromatic carbocycles. The Balaban J connectivity index is 1.39. The van der Waals surface area contributed by atoms with Crippen molar-refractivity contribution in [3.05, 3.63) is 46.1 Å². The Bertz CT molecular complexity index is 1070. The third kappa shape index (κ3) is 4.82. The zero-order chi connectivity index (χ0) is 22.9. The number of fused-ring (bicyclic) bond motifs is 1. The molecule has 176 valence electrons. The van der Waals surface area contributed by atoms with Gasteiger partial charge in [-0.3, -0.25) is 9.47 Å². The monoisotopic (exact) mass is 473 g/mol. The summed E-state index contributed by atoms with van der Waals surface area (Å²) >= 11 is 0. The summed E-state index contributed by atoms with van der Waals surface area (Å²) in [5, 5.41) is 4.42. The van der Waals surface area contributed by atoms with E-state index in [1.165, 1.54) is 15.1 Å². The first-order valence-electron chi connectivity index (χ1n) is 10.7. The first-order valence-corrected chi connectivity index (χ1v) is 12.2. The van der Waals surface area contributed by atoms with Crippen LogP contribution < -0.4 is 5.69 Å². The molecule has 0 aliphatic carbocycles. The number of nitrogens with zero attached hydrogens (tertiary/aromatic N) is 5. The second-order valence-electron chi connectivity index (χ2n) is 8.16. The smallest absolute Gasteiger partial charge is 0.416 e. The van der Waals surface area contributed by atoms with Crippen molar-refractivity contribution in [2.75, 3.05) is 32.7 Å². The highest BCUT2D eigenvalue weighted by molar-refractivity contribution is 7.95. The van der Waals surface area contributed by atoms with Gasteiger partial charge >= 0.3 is 11.9 Å². The standard InChI is InChI=1S/C20H26F3N5O3S/c21-20(22,23)16-5-3-6-17(15-16)32(30,31)26-9-4-8-25(11-13-26)12-14-28-19(29)27-10-2-1-7-18(27)24-28/h3,5-6,15H,1-2,4,7-14H2. The van der Waals surface area contributed by atoms with Crippen molar-refractivity contribution in [2.24, 2.45) is 0 Å². The van der Waals surface area contributed by atoms with Gasteiger partial charge < -0.3 is 4.55 Å². The van der Waals surface area contributed by atoms with E-state index in [1.807, 2.05) is 0 Å². The molecule has 1 saturated heterocycles. The van der Waals surface area contributed by atoms with E-state index in [1.54, 1.807) is 4.57 Å². The molecule has 0 N–H and O–H groups in total. The molecule has 1 unspecified atom stereocenters. The fraction of sp³-hybridized carbons (Fsp3) is 0.600. The Morgan fingerprint density at radius 2 is 1.84 bits per heavy atom. The van der Waals surface area contributed by atoms with E-state index < -0.39 is 22.1 Å². The summed E-state index contributed by atoms with van der Waals surface area (Å²) in [7, 11) is -4.03. The van der Waals surface area contributed by atoms with E-state index in [0.717, 1.165) is 37.2 Å². The number of aryl methyl sites for hydroxylation is 1. The maximum Gasteiger partial charge on any atom is 0.416 e. The van der Waals surface area contributed by atoms with E-state index in [2.05, 4.69) is 10.00 Å². The van der Waals surface area contributed by atoms with Crippen molar-refractivity contribution in [1.29, 1.82) is 0 Å². The molecule has 0 radical (unpaired) electrons. The Morgan fingerprint density at radius 1 is 1.03 bits per heavy atom. The summed E-state index contributed by atoms with van der Waals surface area (Å²) in [6, 6.07) is 3.85. The fourth-order valence-electron chi connectivity index (χ4n) is 4.22. The van der Waals surface area contributed by atoms with Crippen molar-refractivity contribution < 1.29 is 21.9 Å². The number of hydrogen-bond donors (Lipinski definition) is 0. The average Bonchev–Trinajstić information content (AvgIpc) is 2.92. The van der Waals surface area contributed by atoms with Crippen LogP contribution in [0.1, 0.15) is 30.7 Å². The van der Waals surface area contributed by atoms with Gasteiger partial charge in [-0.25, -0.2) is 9.48 Å². The van der Waals surface area contributed by atoms with Crippen molar-refractivity contribution in [2.45, 2.75) is 49.8 Å². The van der Waals surface area contributed by atoms with Gasteiger partial charge in [-0.15, -0.1) is 4.31 Å². The SMILES string of the molecule is O=c1n(CCN2CCCN([S+](=O)([O-])c3cccc(C(F)(F)F)c3)CC2)nc2n1CCCC2. The van der Waals surface area contributed by atoms with Gasteiger partial charge in [0, 0.05) is 38.7 Å². The minimum absolute atomic E-state index is 0.108. The number of sulfonamides is 1. The van der Waals surface area contributed by atoms with Crippen molar-refractivity contribution in [3.63, 3.8) is 0 Å². The maximum atomic E-state index is 13.0. The predicted octanol–water partition coefficient (Wildman–Crippen LogP) is 2.01. The lowest BCUT2D eigenvalue weighted by molar-refractivity contribution is -0.137. The second-order valence-corrected chi connectivity index (χ2v) is 10.1. The van der Waals surface area contributed by atoms with E-state index in [4.69, 9.17) is 0 Å². The molecule has 2 aliphatic rings. The number of rotatable bonds is 5. The van der Waals surface area contributed by atoms with Crippen LogP contribution >= 0.6 is 0 Å². The van der Waals surface area contributed by atoms with Gasteiger partial charge in [-0.05, 0) is 37.9 Å². The van der Waals surface area contributed by atoms with Gasteiger partial charge in [-0.1, -0.05) is 10.3 Å². The van der Waals surface area contributed by atoms with Crippen molar-refractivity contribution in [3.8, 4) is 0 Å². The molecule has 3 heterocycles. The van der Waals surface area contributed by atoms with E-state index in [0.29, 0.717) is 45.2 Å².